The number of nitrogens with zero attached hydrogens (tertiary/aromatic N) is 3. The third-order valence-electron chi connectivity index (χ3n) is 6.04. The Labute approximate surface area is 229 Å². The van der Waals surface area contributed by atoms with Gasteiger partial charge in [-0.3, -0.25) is 5.32 Å². The zero-order chi connectivity index (χ0) is 26.0. The average Bonchev–Trinajstić information content (AvgIpc) is 3.21. The number of ether oxygens (including phenoxy) is 1. The molecule has 6 nitrogen and oxygen atoms in total. The minimum atomic E-state index is -0.757. The normalized spacial score (nSPS) is 11.9. The summed E-state index contributed by atoms with van der Waals surface area (Å²) in [5.41, 5.74) is 2.70. The highest BCUT2D eigenvalue weighted by Crippen LogP contribution is 2.42. The number of anilines is 1. The van der Waals surface area contributed by atoms with Crippen LogP contribution < -0.4 is 5.32 Å². The first-order valence-corrected chi connectivity index (χ1v) is 13.1. The summed E-state index contributed by atoms with van der Waals surface area (Å²) >= 11 is 2.25. The van der Waals surface area contributed by atoms with Gasteiger partial charge in [0.15, 0.2) is 0 Å². The van der Waals surface area contributed by atoms with Crippen LogP contribution in [0.25, 0.3) is 10.9 Å². The van der Waals surface area contributed by atoms with E-state index < -0.39 is 17.2 Å². The van der Waals surface area contributed by atoms with E-state index >= 15 is 0 Å². The fourth-order valence-corrected chi connectivity index (χ4v) is 5.26. The molecule has 7 heteroatoms. The standard InChI is InChI=1S/C30H27IN4O2/c1-29(2,3)37-28(36)33-26-19-24-25(20-32-26)35(34-27(24)31)30(21-13-7-4-8-14-21,22-15-9-5-10-16-22)23-17-11-6-12-18-23/h4-20H,1-3H3,(H,32,33,36). The molecule has 0 atom stereocenters. The Hall–Kier alpha value is -3.72. The van der Waals surface area contributed by atoms with Crippen molar-refractivity contribution in [1.82, 2.24) is 14.8 Å². The lowest BCUT2D eigenvalue weighted by Gasteiger charge is -2.36. The highest BCUT2D eigenvalue weighted by Gasteiger charge is 2.40. The lowest BCUT2D eigenvalue weighted by Crippen LogP contribution is -2.38. The molecule has 0 spiro atoms. The van der Waals surface area contributed by atoms with Crippen LogP contribution in [0.5, 0.6) is 0 Å². The molecule has 0 fully saturated rings. The van der Waals surface area contributed by atoms with Gasteiger partial charge >= 0.3 is 6.09 Å². The summed E-state index contributed by atoms with van der Waals surface area (Å²) in [6.45, 7) is 5.48. The molecule has 0 radical (unpaired) electrons. The van der Waals surface area contributed by atoms with Crippen LogP contribution in [0.15, 0.2) is 103 Å². The number of rotatable bonds is 5. The van der Waals surface area contributed by atoms with Gasteiger partial charge in [-0.05, 0) is 66.1 Å². The SMILES string of the molecule is CC(C)(C)OC(=O)Nc1cc2c(I)nn(C(c3ccccc3)(c3ccccc3)c3ccccc3)c2cn1. The second kappa shape index (κ2) is 9.97. The van der Waals surface area contributed by atoms with E-state index in [1.165, 1.54) is 0 Å². The molecule has 186 valence electrons. The van der Waals surface area contributed by atoms with Crippen molar-refractivity contribution in [2.75, 3.05) is 5.32 Å². The minimum absolute atomic E-state index is 0.406. The van der Waals surface area contributed by atoms with Crippen molar-refractivity contribution in [3.05, 3.63) is 124 Å². The Bertz CT molecular complexity index is 1430. The first kappa shape index (κ1) is 25.0. The zero-order valence-electron chi connectivity index (χ0n) is 20.9. The van der Waals surface area contributed by atoms with Crippen molar-refractivity contribution >= 4 is 45.4 Å². The van der Waals surface area contributed by atoms with E-state index in [1.54, 1.807) is 6.20 Å². The monoisotopic (exact) mass is 602 g/mol. The number of hydrogen-bond acceptors (Lipinski definition) is 4. The van der Waals surface area contributed by atoms with Crippen LogP contribution >= 0.6 is 22.6 Å². The predicted octanol–water partition coefficient (Wildman–Crippen LogP) is 7.22. The van der Waals surface area contributed by atoms with Crippen molar-refractivity contribution in [3.63, 3.8) is 0 Å². The molecule has 0 aliphatic rings. The topological polar surface area (TPSA) is 69.0 Å². The van der Waals surface area contributed by atoms with Crippen molar-refractivity contribution < 1.29 is 9.53 Å². The molecule has 37 heavy (non-hydrogen) atoms. The molecule has 1 amide bonds. The largest absolute Gasteiger partial charge is 0.444 e. The number of hydrogen-bond donors (Lipinski definition) is 1. The number of pyridine rings is 1. The van der Waals surface area contributed by atoms with Crippen molar-refractivity contribution in [1.29, 1.82) is 0 Å². The Morgan fingerprint density at radius 1 is 0.838 bits per heavy atom. The molecule has 1 N–H and O–H groups in total. The summed E-state index contributed by atoms with van der Waals surface area (Å²) in [5.74, 6) is 0.406. The van der Waals surface area contributed by atoms with Gasteiger partial charge in [0.05, 0.1) is 11.7 Å². The second-order valence-electron chi connectivity index (χ2n) is 9.72. The van der Waals surface area contributed by atoms with Crippen LogP contribution in [0.3, 0.4) is 0 Å². The highest BCUT2D eigenvalue weighted by molar-refractivity contribution is 14.1. The molecule has 0 aliphatic heterocycles. The smallest absolute Gasteiger partial charge is 0.413 e. The number of amides is 1. The van der Waals surface area contributed by atoms with E-state index in [9.17, 15) is 4.79 Å². The third kappa shape index (κ3) is 4.83. The summed E-state index contributed by atoms with van der Waals surface area (Å²) in [4.78, 5) is 16.9. The number of nitrogens with one attached hydrogen (secondary N) is 1. The Kier molecular flexibility index (Phi) is 6.72. The minimum Gasteiger partial charge on any atom is -0.444 e. The highest BCUT2D eigenvalue weighted by atomic mass is 127. The number of halogens is 1. The van der Waals surface area contributed by atoms with Crippen LogP contribution in [0.1, 0.15) is 37.5 Å². The third-order valence-corrected chi connectivity index (χ3v) is 6.84. The maximum atomic E-state index is 12.4. The molecule has 2 heterocycles. The fraction of sp³-hybridized carbons (Fsp3) is 0.167. The van der Waals surface area contributed by atoms with Gasteiger partial charge in [-0.2, -0.15) is 5.10 Å². The van der Waals surface area contributed by atoms with E-state index in [0.29, 0.717) is 5.82 Å². The maximum absolute atomic E-state index is 12.4. The van der Waals surface area contributed by atoms with Gasteiger partial charge in [0, 0.05) is 5.39 Å². The Morgan fingerprint density at radius 3 is 1.78 bits per heavy atom. The van der Waals surface area contributed by atoms with Crippen LogP contribution in [-0.4, -0.2) is 26.5 Å². The van der Waals surface area contributed by atoms with Gasteiger partial charge in [-0.25, -0.2) is 14.5 Å². The van der Waals surface area contributed by atoms with E-state index in [2.05, 4.69) is 69.3 Å². The average molecular weight is 602 g/mol. The molecule has 2 aromatic heterocycles. The van der Waals surface area contributed by atoms with Crippen molar-refractivity contribution in [2.45, 2.75) is 31.9 Å². The number of carbonyl (C=O) groups is 1. The summed E-state index contributed by atoms with van der Waals surface area (Å²) in [5, 5.41) is 8.72. The predicted molar refractivity (Wildman–Crippen MR) is 155 cm³/mol. The first-order chi connectivity index (χ1) is 17.8. The number of aromatic nitrogens is 3. The molecule has 5 aromatic rings. The van der Waals surface area contributed by atoms with Crippen molar-refractivity contribution in [3.8, 4) is 0 Å². The van der Waals surface area contributed by atoms with Gasteiger partial charge in [-0.1, -0.05) is 91.0 Å². The molecule has 5 rings (SSSR count). The summed E-state index contributed by atoms with van der Waals surface area (Å²) in [6.07, 6.45) is 1.22. The lowest BCUT2D eigenvalue weighted by molar-refractivity contribution is 0.0635. The summed E-state index contributed by atoms with van der Waals surface area (Å²) in [7, 11) is 0. The van der Waals surface area contributed by atoms with Gasteiger partial charge in [0.25, 0.3) is 0 Å². The van der Waals surface area contributed by atoms with Gasteiger partial charge in [0.1, 0.15) is 20.7 Å². The van der Waals surface area contributed by atoms with E-state index in [1.807, 2.05) is 86.1 Å². The van der Waals surface area contributed by atoms with Gasteiger partial charge < -0.3 is 4.74 Å². The van der Waals surface area contributed by atoms with Crippen LogP contribution in [0, 0.1) is 3.70 Å². The first-order valence-electron chi connectivity index (χ1n) is 12.0. The zero-order valence-corrected chi connectivity index (χ0v) is 23.0. The quantitative estimate of drug-likeness (QED) is 0.170. The van der Waals surface area contributed by atoms with E-state index in [0.717, 1.165) is 31.3 Å². The fourth-order valence-electron chi connectivity index (χ4n) is 4.61. The van der Waals surface area contributed by atoms with E-state index in [-0.39, 0.29) is 0 Å². The molecular weight excluding hydrogens is 575 g/mol. The van der Waals surface area contributed by atoms with Crippen LogP contribution in [0.4, 0.5) is 10.6 Å². The summed E-state index contributed by atoms with van der Waals surface area (Å²) < 4.78 is 8.25. The van der Waals surface area contributed by atoms with Gasteiger partial charge in [0.2, 0.25) is 0 Å². The molecular formula is C30H27IN4O2. The summed E-state index contributed by atoms with van der Waals surface area (Å²) in [6, 6.07) is 33.0. The molecule has 0 unspecified atom stereocenters. The van der Waals surface area contributed by atoms with Crippen LogP contribution in [0.2, 0.25) is 0 Å². The van der Waals surface area contributed by atoms with Crippen LogP contribution in [-0.2, 0) is 10.3 Å². The second-order valence-corrected chi connectivity index (χ2v) is 10.7. The number of fused-ring (bicyclic) bond motifs is 1. The molecule has 0 saturated carbocycles. The molecule has 3 aromatic carbocycles. The molecule has 0 aliphatic carbocycles. The Morgan fingerprint density at radius 2 is 1.32 bits per heavy atom. The molecule has 0 saturated heterocycles. The Balaban J connectivity index is 1.75. The number of benzene rings is 3. The molecule has 0 bridgehead atoms. The van der Waals surface area contributed by atoms with Crippen molar-refractivity contribution in [2.24, 2.45) is 0 Å². The number of carbonyl (C=O) groups excluding carboxylic acids is 1. The maximum Gasteiger partial charge on any atom is 0.413 e. The van der Waals surface area contributed by atoms with Gasteiger partial charge in [-0.15, -0.1) is 0 Å². The lowest BCUT2D eigenvalue weighted by atomic mass is 9.77. The van der Waals surface area contributed by atoms with E-state index in [4.69, 9.17) is 9.84 Å².